The zero-order valence-corrected chi connectivity index (χ0v) is 10.3. The lowest BCUT2D eigenvalue weighted by Gasteiger charge is -2.13. The molecule has 1 aromatic rings. The fourth-order valence-electron chi connectivity index (χ4n) is 1.02. The molecule has 82 valence electrons. The number of carbonyl (C=O) groups is 1. The third-order valence-electron chi connectivity index (χ3n) is 1.62. The summed E-state index contributed by atoms with van der Waals surface area (Å²) in [7, 11) is 0. The smallest absolute Gasteiger partial charge is 0.192 e. The summed E-state index contributed by atoms with van der Waals surface area (Å²) in [4.78, 5) is 10.5. The predicted octanol–water partition coefficient (Wildman–Crippen LogP) is 3.17. The van der Waals surface area contributed by atoms with Gasteiger partial charge >= 0.3 is 0 Å². The van der Waals surface area contributed by atoms with Gasteiger partial charge in [0, 0.05) is 0 Å². The highest BCUT2D eigenvalue weighted by Gasteiger charge is 2.19. The van der Waals surface area contributed by atoms with E-state index in [9.17, 15) is 13.6 Å². The van der Waals surface area contributed by atoms with Crippen LogP contribution in [0.15, 0.2) is 6.07 Å². The van der Waals surface area contributed by atoms with E-state index in [0.717, 1.165) is 6.07 Å². The van der Waals surface area contributed by atoms with E-state index in [1.165, 1.54) is 0 Å². The van der Waals surface area contributed by atoms with Crippen molar-refractivity contribution in [3.8, 4) is 5.75 Å². The highest BCUT2D eigenvalue weighted by molar-refractivity contribution is 14.1. The van der Waals surface area contributed by atoms with Gasteiger partial charge in [-0.15, -0.1) is 0 Å². The van der Waals surface area contributed by atoms with Crippen LogP contribution < -0.4 is 4.74 Å². The quantitative estimate of drug-likeness (QED) is 0.485. The number of halogens is 3. The Balaban J connectivity index is 3.33. The molecule has 0 atom stereocenters. The fourth-order valence-corrected chi connectivity index (χ4v) is 1.60. The molecule has 0 aromatic heterocycles. The number of carbonyl (C=O) groups excluding carboxylic acids is 1. The monoisotopic (exact) mass is 326 g/mol. The Morgan fingerprint density at radius 1 is 1.40 bits per heavy atom. The lowest BCUT2D eigenvalue weighted by Crippen LogP contribution is -2.10. The normalized spacial score (nSPS) is 10.5. The highest BCUT2D eigenvalue weighted by atomic mass is 127. The molecule has 0 radical (unpaired) electrons. The van der Waals surface area contributed by atoms with Crippen LogP contribution in [0.1, 0.15) is 24.2 Å². The van der Waals surface area contributed by atoms with Crippen LogP contribution in [0, 0.1) is 15.2 Å². The summed E-state index contributed by atoms with van der Waals surface area (Å²) in [6, 6.07) is 1.14. The third-order valence-corrected chi connectivity index (χ3v) is 2.41. The summed E-state index contributed by atoms with van der Waals surface area (Å²) in [6.45, 7) is 3.30. The number of benzene rings is 1. The topological polar surface area (TPSA) is 26.3 Å². The molecule has 0 fully saturated rings. The number of aldehydes is 1. The van der Waals surface area contributed by atoms with E-state index < -0.39 is 17.4 Å². The van der Waals surface area contributed by atoms with E-state index in [0.29, 0.717) is 6.29 Å². The van der Waals surface area contributed by atoms with E-state index in [-0.39, 0.29) is 15.2 Å². The molecule has 0 aliphatic rings. The summed E-state index contributed by atoms with van der Waals surface area (Å²) in [6.07, 6.45) is -0.0175. The zero-order chi connectivity index (χ0) is 11.6. The Kier molecular flexibility index (Phi) is 4.01. The van der Waals surface area contributed by atoms with Crippen LogP contribution in [0.2, 0.25) is 0 Å². The van der Waals surface area contributed by atoms with Crippen LogP contribution in [0.3, 0.4) is 0 Å². The summed E-state index contributed by atoms with van der Waals surface area (Å²) in [5.41, 5.74) is -0.198. The summed E-state index contributed by atoms with van der Waals surface area (Å²) in [5, 5.41) is 0. The van der Waals surface area contributed by atoms with Gasteiger partial charge in [-0.1, -0.05) is 0 Å². The van der Waals surface area contributed by atoms with E-state index in [4.69, 9.17) is 4.74 Å². The van der Waals surface area contributed by atoms with Gasteiger partial charge in [0.2, 0.25) is 0 Å². The summed E-state index contributed by atoms with van der Waals surface area (Å²) < 4.78 is 32.1. The van der Waals surface area contributed by atoms with Crippen molar-refractivity contribution >= 4 is 28.9 Å². The Labute approximate surface area is 99.8 Å². The Morgan fingerprint density at radius 2 is 2.00 bits per heavy atom. The molecule has 0 bridgehead atoms. The van der Waals surface area contributed by atoms with Crippen molar-refractivity contribution in [3.05, 3.63) is 26.8 Å². The maximum absolute atomic E-state index is 13.5. The fraction of sp³-hybridized carbons (Fsp3) is 0.300. The summed E-state index contributed by atoms with van der Waals surface area (Å²) in [5.74, 6) is -2.21. The lowest BCUT2D eigenvalue weighted by atomic mass is 10.2. The van der Waals surface area contributed by atoms with Crippen LogP contribution >= 0.6 is 22.6 Å². The standard InChI is InChI=1S/C10H9F2IO2/c1-5(2)15-10-8(11)6(4-14)3-7(13)9(10)12/h3-5H,1-2H3. The largest absolute Gasteiger partial charge is 0.485 e. The van der Waals surface area contributed by atoms with Gasteiger partial charge in [0.1, 0.15) is 0 Å². The van der Waals surface area contributed by atoms with Gasteiger partial charge in [-0.25, -0.2) is 8.78 Å². The number of rotatable bonds is 3. The SMILES string of the molecule is CC(C)Oc1c(F)c(I)cc(C=O)c1F. The molecule has 0 aliphatic heterocycles. The average molecular weight is 326 g/mol. The van der Waals surface area contributed by atoms with Crippen LogP contribution in [0.4, 0.5) is 8.78 Å². The second-order valence-electron chi connectivity index (χ2n) is 3.19. The number of hydrogen-bond donors (Lipinski definition) is 0. The van der Waals surface area contributed by atoms with Gasteiger partial charge in [0.25, 0.3) is 0 Å². The molecule has 0 amide bonds. The number of ether oxygens (including phenoxy) is 1. The minimum Gasteiger partial charge on any atom is -0.485 e. The molecule has 15 heavy (non-hydrogen) atoms. The molecule has 2 nitrogen and oxygen atoms in total. The van der Waals surface area contributed by atoms with Crippen molar-refractivity contribution in [3.63, 3.8) is 0 Å². The first-order valence-corrected chi connectivity index (χ1v) is 5.34. The minimum absolute atomic E-state index is 0.159. The van der Waals surface area contributed by atoms with E-state index >= 15 is 0 Å². The van der Waals surface area contributed by atoms with Gasteiger partial charge in [-0.05, 0) is 42.5 Å². The van der Waals surface area contributed by atoms with E-state index in [1.807, 2.05) is 0 Å². The average Bonchev–Trinajstić information content (AvgIpc) is 2.18. The Bertz CT molecular complexity index is 391. The molecule has 5 heteroatoms. The molecule has 0 heterocycles. The number of hydrogen-bond acceptors (Lipinski definition) is 2. The molecule has 0 saturated carbocycles. The molecular weight excluding hydrogens is 317 g/mol. The molecule has 0 saturated heterocycles. The van der Waals surface area contributed by atoms with Crippen molar-refractivity contribution in [2.45, 2.75) is 20.0 Å². The molecular formula is C10H9F2IO2. The van der Waals surface area contributed by atoms with Gasteiger partial charge in [-0.3, -0.25) is 4.79 Å². The maximum atomic E-state index is 13.5. The maximum Gasteiger partial charge on any atom is 0.192 e. The second kappa shape index (κ2) is 4.87. The van der Waals surface area contributed by atoms with Gasteiger partial charge in [-0.2, -0.15) is 0 Å². The van der Waals surface area contributed by atoms with E-state index in [2.05, 4.69) is 0 Å². The Morgan fingerprint density at radius 3 is 2.47 bits per heavy atom. The van der Waals surface area contributed by atoms with Crippen LogP contribution in [0.25, 0.3) is 0 Å². The minimum atomic E-state index is -0.948. The summed E-state index contributed by atoms with van der Waals surface area (Å²) >= 11 is 1.68. The zero-order valence-electron chi connectivity index (χ0n) is 8.18. The van der Waals surface area contributed by atoms with Crippen LogP contribution in [-0.2, 0) is 0 Å². The molecule has 0 unspecified atom stereocenters. The molecule has 0 aliphatic carbocycles. The molecule has 1 aromatic carbocycles. The lowest BCUT2D eigenvalue weighted by molar-refractivity contribution is 0.111. The first-order valence-electron chi connectivity index (χ1n) is 4.26. The second-order valence-corrected chi connectivity index (χ2v) is 4.35. The van der Waals surface area contributed by atoms with Crippen molar-refractivity contribution in [2.24, 2.45) is 0 Å². The van der Waals surface area contributed by atoms with Gasteiger partial charge < -0.3 is 4.74 Å². The highest BCUT2D eigenvalue weighted by Crippen LogP contribution is 2.28. The first-order chi connectivity index (χ1) is 6.97. The van der Waals surface area contributed by atoms with Crippen LogP contribution in [-0.4, -0.2) is 12.4 Å². The van der Waals surface area contributed by atoms with Crippen molar-refractivity contribution in [1.29, 1.82) is 0 Å². The van der Waals surface area contributed by atoms with Gasteiger partial charge in [0.15, 0.2) is 23.7 Å². The molecule has 1 rings (SSSR count). The Hall–Kier alpha value is -0.720. The molecule has 0 spiro atoms. The predicted molar refractivity (Wildman–Crippen MR) is 60.2 cm³/mol. The first kappa shape index (κ1) is 12.4. The molecule has 0 N–H and O–H groups in total. The van der Waals surface area contributed by atoms with Crippen molar-refractivity contribution < 1.29 is 18.3 Å². The van der Waals surface area contributed by atoms with Crippen molar-refractivity contribution in [1.82, 2.24) is 0 Å². The van der Waals surface area contributed by atoms with Gasteiger partial charge in [0.05, 0.1) is 15.2 Å². The van der Waals surface area contributed by atoms with Crippen molar-refractivity contribution in [2.75, 3.05) is 0 Å². The third kappa shape index (κ3) is 2.64. The van der Waals surface area contributed by atoms with E-state index in [1.54, 1.807) is 36.4 Å². The van der Waals surface area contributed by atoms with Crippen LogP contribution in [0.5, 0.6) is 5.75 Å².